The molecule has 5 heteroatoms. The maximum Gasteiger partial charge on any atom is 0.232 e. The van der Waals surface area contributed by atoms with Crippen LogP contribution in [0, 0.1) is 19.8 Å². The van der Waals surface area contributed by atoms with Gasteiger partial charge >= 0.3 is 0 Å². The van der Waals surface area contributed by atoms with Crippen molar-refractivity contribution in [2.75, 3.05) is 5.32 Å². The summed E-state index contributed by atoms with van der Waals surface area (Å²) in [6, 6.07) is 7.72. The van der Waals surface area contributed by atoms with Crippen molar-refractivity contribution in [3.05, 3.63) is 27.8 Å². The van der Waals surface area contributed by atoms with Crippen LogP contribution in [-0.2, 0) is 9.59 Å². The first-order valence-corrected chi connectivity index (χ1v) is 9.42. The minimum Gasteiger partial charge on any atom is -0.326 e. The molecule has 0 unspecified atom stereocenters. The highest BCUT2D eigenvalue weighted by Gasteiger charge is 2.76. The first-order chi connectivity index (χ1) is 10.2. The molecular formula is C17H19BrINO2. The molecule has 2 aliphatic carbocycles. The molecule has 0 radical (unpaired) electrons. The van der Waals surface area contributed by atoms with Gasteiger partial charge in [-0.05, 0) is 65.1 Å². The Balaban J connectivity index is 1.97. The van der Waals surface area contributed by atoms with Gasteiger partial charge in [0.1, 0.15) is 0 Å². The van der Waals surface area contributed by atoms with Crippen LogP contribution in [-0.4, -0.2) is 16.5 Å². The van der Waals surface area contributed by atoms with Crippen molar-refractivity contribution >= 4 is 55.9 Å². The van der Waals surface area contributed by atoms with E-state index in [9.17, 15) is 9.59 Å². The Hall–Kier alpha value is -0.430. The summed E-state index contributed by atoms with van der Waals surface area (Å²) in [6.45, 7) is 6.13. The number of alkyl halides is 1. The van der Waals surface area contributed by atoms with Gasteiger partial charge in [0, 0.05) is 14.7 Å². The molecule has 1 aromatic carbocycles. The molecule has 2 bridgehead atoms. The van der Waals surface area contributed by atoms with Gasteiger partial charge in [-0.15, -0.1) is 0 Å². The molecule has 2 saturated carbocycles. The van der Waals surface area contributed by atoms with Crippen molar-refractivity contribution in [2.45, 2.75) is 38.4 Å². The van der Waals surface area contributed by atoms with Crippen molar-refractivity contribution < 1.29 is 9.59 Å². The minimum absolute atomic E-state index is 0.0461. The van der Waals surface area contributed by atoms with Gasteiger partial charge in [-0.2, -0.15) is 0 Å². The van der Waals surface area contributed by atoms with Gasteiger partial charge in [-0.1, -0.05) is 36.7 Å². The van der Waals surface area contributed by atoms with Crippen LogP contribution >= 0.6 is 38.5 Å². The fourth-order valence-electron chi connectivity index (χ4n) is 4.23. The van der Waals surface area contributed by atoms with Gasteiger partial charge in [0.2, 0.25) is 5.91 Å². The average molecular weight is 476 g/mol. The summed E-state index contributed by atoms with van der Waals surface area (Å²) < 4.78 is 1.12. The Kier molecular flexibility index (Phi) is 3.76. The number of amides is 1. The molecule has 1 amide bonds. The molecular weight excluding hydrogens is 457 g/mol. The van der Waals surface area contributed by atoms with Crippen molar-refractivity contribution in [3.63, 3.8) is 0 Å². The molecule has 118 valence electrons. The summed E-state index contributed by atoms with van der Waals surface area (Å²) >= 11 is 5.78. The van der Waals surface area contributed by atoms with Crippen LogP contribution in [0.1, 0.15) is 33.6 Å². The molecule has 22 heavy (non-hydrogen) atoms. The zero-order chi connectivity index (χ0) is 16.3. The number of ketones is 1. The smallest absolute Gasteiger partial charge is 0.232 e. The Morgan fingerprint density at radius 2 is 1.82 bits per heavy atom. The van der Waals surface area contributed by atoms with Gasteiger partial charge in [-0.3, -0.25) is 9.59 Å². The zero-order valence-corrected chi connectivity index (χ0v) is 16.6. The number of carbonyl (C=O) groups is 2. The monoisotopic (exact) mass is 475 g/mol. The van der Waals surface area contributed by atoms with Gasteiger partial charge in [0.05, 0.1) is 10.2 Å². The lowest BCUT2D eigenvalue weighted by Crippen LogP contribution is -2.47. The first kappa shape index (κ1) is 16.4. The summed E-state index contributed by atoms with van der Waals surface area (Å²) in [6.07, 6.45) is 1.52. The Morgan fingerprint density at radius 1 is 1.23 bits per heavy atom. The van der Waals surface area contributed by atoms with Crippen molar-refractivity contribution in [1.82, 2.24) is 0 Å². The van der Waals surface area contributed by atoms with Crippen LogP contribution in [0.5, 0.6) is 0 Å². The van der Waals surface area contributed by atoms with Gasteiger partial charge in [-0.25, -0.2) is 0 Å². The lowest BCUT2D eigenvalue weighted by atomic mass is 9.64. The predicted molar refractivity (Wildman–Crippen MR) is 99.1 cm³/mol. The fraction of sp³-hybridized carbons (Fsp3) is 0.529. The zero-order valence-electron chi connectivity index (χ0n) is 12.9. The van der Waals surface area contributed by atoms with E-state index in [2.05, 4.69) is 57.7 Å². The third-order valence-corrected chi connectivity index (χ3v) is 8.14. The normalized spacial score (nSPS) is 35.7. The van der Waals surface area contributed by atoms with Crippen LogP contribution in [0.2, 0.25) is 0 Å². The van der Waals surface area contributed by atoms with Crippen LogP contribution < -0.4 is 5.32 Å². The summed E-state index contributed by atoms with van der Waals surface area (Å²) in [7, 11) is 0. The van der Waals surface area contributed by atoms with Crippen molar-refractivity contribution in [2.24, 2.45) is 16.2 Å². The summed E-state index contributed by atoms with van der Waals surface area (Å²) in [4.78, 5) is 25.4. The quantitative estimate of drug-likeness (QED) is 0.509. The third kappa shape index (κ3) is 1.84. The number of hydrogen-bond acceptors (Lipinski definition) is 2. The van der Waals surface area contributed by atoms with Crippen LogP contribution in [0.15, 0.2) is 24.3 Å². The number of hydrogen-bond donors (Lipinski definition) is 1. The number of rotatable bonds is 2. The second-order valence-electron chi connectivity index (χ2n) is 7.12. The minimum atomic E-state index is -0.679. The summed E-state index contributed by atoms with van der Waals surface area (Å²) in [5.74, 6) is 0.122. The maximum atomic E-state index is 13.1. The van der Waals surface area contributed by atoms with E-state index in [-0.39, 0.29) is 17.1 Å². The van der Waals surface area contributed by atoms with Crippen molar-refractivity contribution in [3.8, 4) is 0 Å². The molecule has 1 aromatic rings. The molecule has 0 spiro atoms. The third-order valence-electron chi connectivity index (χ3n) is 6.23. The number of nitrogens with one attached hydrogen (secondary N) is 1. The fourth-order valence-corrected chi connectivity index (χ4v) is 6.10. The van der Waals surface area contributed by atoms with E-state index in [1.54, 1.807) is 0 Å². The van der Waals surface area contributed by atoms with E-state index in [0.717, 1.165) is 22.1 Å². The molecule has 2 aliphatic rings. The van der Waals surface area contributed by atoms with Crippen LogP contribution in [0.3, 0.4) is 0 Å². The highest BCUT2D eigenvalue weighted by molar-refractivity contribution is 14.1. The van der Waals surface area contributed by atoms with Gasteiger partial charge in [0.25, 0.3) is 0 Å². The number of halogens is 2. The topological polar surface area (TPSA) is 46.2 Å². The lowest BCUT2D eigenvalue weighted by molar-refractivity contribution is -0.130. The molecule has 0 aliphatic heterocycles. The van der Waals surface area contributed by atoms with E-state index in [1.807, 2.05) is 31.2 Å². The number of Topliss-reactive ketones (excluding diaryl/α,β-unsaturated/α-hetero) is 1. The number of carbonyl (C=O) groups excluding carboxylic acids is 2. The first-order valence-electron chi connectivity index (χ1n) is 7.42. The molecule has 1 N–H and O–H groups in total. The highest BCUT2D eigenvalue weighted by Crippen LogP contribution is 2.72. The van der Waals surface area contributed by atoms with Crippen molar-refractivity contribution in [1.29, 1.82) is 0 Å². The van der Waals surface area contributed by atoms with E-state index >= 15 is 0 Å². The molecule has 0 saturated heterocycles. The van der Waals surface area contributed by atoms with E-state index in [0.29, 0.717) is 0 Å². The SMILES string of the molecule is CC1(C)[C@]2(C)CC[C@@]1(C(=O)Nc1ccc(I)cc1)[C@@H](Br)C2=O. The molecule has 2 fully saturated rings. The molecule has 3 nitrogen and oxygen atoms in total. The molecule has 0 aromatic heterocycles. The van der Waals surface area contributed by atoms with E-state index < -0.39 is 15.7 Å². The maximum absolute atomic E-state index is 13.1. The predicted octanol–water partition coefficient (Wildman–Crippen LogP) is 4.39. The van der Waals surface area contributed by atoms with Crippen LogP contribution in [0.25, 0.3) is 0 Å². The largest absolute Gasteiger partial charge is 0.326 e. The number of benzene rings is 1. The molecule has 3 atom stereocenters. The highest BCUT2D eigenvalue weighted by atomic mass is 127. The van der Waals surface area contributed by atoms with Gasteiger partial charge < -0.3 is 5.32 Å². The Morgan fingerprint density at radius 3 is 2.32 bits per heavy atom. The lowest BCUT2D eigenvalue weighted by Gasteiger charge is -2.39. The summed E-state index contributed by atoms with van der Waals surface area (Å²) in [5, 5.41) is 3.03. The van der Waals surface area contributed by atoms with Gasteiger partial charge in [0.15, 0.2) is 5.78 Å². The second kappa shape index (κ2) is 5.03. The Bertz CT molecular complexity index is 657. The summed E-state index contributed by atoms with van der Waals surface area (Å²) in [5.41, 5.74) is -0.687. The van der Waals surface area contributed by atoms with E-state index in [1.165, 1.54) is 0 Å². The number of fused-ring (bicyclic) bond motifs is 2. The average Bonchev–Trinajstić information content (AvgIpc) is 2.74. The van der Waals surface area contributed by atoms with Crippen LogP contribution in [0.4, 0.5) is 5.69 Å². The second-order valence-corrected chi connectivity index (χ2v) is 9.28. The molecule has 3 rings (SSSR count). The number of anilines is 1. The Labute approximate surface area is 152 Å². The molecule has 0 heterocycles. The standard InChI is InChI=1S/C17H19BrINO2/c1-15(2)16(3)8-9-17(15,12(18)13(16)21)14(22)20-11-6-4-10(19)5-7-11/h4-7,12H,8-9H2,1-3H3,(H,20,22)/t12-,16+,17-/m0/s1. The van der Waals surface area contributed by atoms with E-state index in [4.69, 9.17) is 0 Å².